The molecule has 2 atom stereocenters. The van der Waals surface area contributed by atoms with Crippen molar-refractivity contribution in [1.82, 2.24) is 0 Å². The van der Waals surface area contributed by atoms with Gasteiger partial charge in [-0.3, -0.25) is 9.59 Å². The summed E-state index contributed by atoms with van der Waals surface area (Å²) in [7, 11) is 5.95. The maximum absolute atomic E-state index is 13.0. The van der Waals surface area contributed by atoms with E-state index < -0.39 is 24.3 Å². The van der Waals surface area contributed by atoms with Gasteiger partial charge in [0.25, 0.3) is 0 Å². The molecule has 0 aromatic heterocycles. The van der Waals surface area contributed by atoms with E-state index in [4.69, 9.17) is 18.9 Å². The molecule has 104 heavy (non-hydrogen) atoms. The first kappa shape index (κ1) is 99.9. The van der Waals surface area contributed by atoms with Crippen LogP contribution in [-0.2, 0) is 33.3 Å². The predicted octanol–water partition coefficient (Wildman–Crippen LogP) is 27.9. The summed E-state index contributed by atoms with van der Waals surface area (Å²) in [6.45, 7) is 4.69. The van der Waals surface area contributed by atoms with E-state index in [-0.39, 0.29) is 32.2 Å². The number of rotatable bonds is 83. The highest BCUT2D eigenvalue weighted by Gasteiger charge is 2.22. The van der Waals surface area contributed by atoms with Gasteiger partial charge in [0.2, 0.25) is 0 Å². The molecule has 0 aliphatic heterocycles. The molecule has 0 saturated heterocycles. The molecule has 602 valence electrons. The molecular formula is C95H169NO8. The second-order valence-electron chi connectivity index (χ2n) is 31.2. The third kappa shape index (κ3) is 85.2. The van der Waals surface area contributed by atoms with Crippen LogP contribution in [0.15, 0.2) is 109 Å². The van der Waals surface area contributed by atoms with E-state index in [1.807, 2.05) is 21.1 Å². The maximum atomic E-state index is 13.0. The summed E-state index contributed by atoms with van der Waals surface area (Å²) in [6, 6.07) is 0. The average Bonchev–Trinajstić information content (AvgIpc) is 0.971. The van der Waals surface area contributed by atoms with Crippen LogP contribution in [0.2, 0.25) is 0 Å². The number of likely N-dealkylation sites (N-methyl/N-ethyl adjacent to an activating group) is 1. The lowest BCUT2D eigenvalue weighted by Crippen LogP contribution is -2.44. The van der Waals surface area contributed by atoms with Crippen LogP contribution in [0.1, 0.15) is 418 Å². The molecule has 0 radical (unpaired) electrons. The van der Waals surface area contributed by atoms with Crippen molar-refractivity contribution in [2.45, 2.75) is 431 Å². The topological polar surface area (TPSA) is 111 Å². The summed E-state index contributed by atoms with van der Waals surface area (Å²) in [5.74, 6) is -2.26. The van der Waals surface area contributed by atoms with Gasteiger partial charge in [-0.2, -0.15) is 0 Å². The molecule has 0 fully saturated rings. The minimum atomic E-state index is -1.63. The first-order valence-corrected chi connectivity index (χ1v) is 44.5. The molecule has 0 saturated carbocycles. The Balaban J connectivity index is 3.97. The van der Waals surface area contributed by atoms with E-state index in [0.717, 1.165) is 96.3 Å². The SMILES string of the molecule is CC/C=C\C/C=C\C/C=C\C/C=C\C/C=C\C/C=C\C/C=C\C/C=C\C/C=C\CCCCCCCCCCCCCCCC(=O)OC(COC(=O)CCCCCCCCCCCCCCCCCCCCCCCCCCCCCCCCCCCCCCCC)COC(OCC[N+](C)(C)C)C(=O)[O-]. The van der Waals surface area contributed by atoms with E-state index in [2.05, 4.69) is 123 Å². The number of aliphatic carboxylic acids is 1. The standard InChI is InChI=1S/C95H169NO8/c1-6-8-10-12-14-16-18-20-22-24-26-28-30-32-34-36-38-40-42-44-46-47-48-50-52-54-56-58-60-62-64-66-68-70-72-74-76-78-80-82-84-86-93(98)104-91(90-103-95(94(99)100)101-88-87-96(3,4)5)89-102-92(97)85-83-81-79-77-75-73-71-69-67-65-63-61-59-57-55-53-51-49-45-43-41-39-37-35-33-31-29-27-25-23-21-19-17-15-13-11-9-7-2/h8,10,14,16,20,22,26,28,32,34,38,40,44,46,48,50,54,56,91,95H,6-7,9,11-13,15,17-19,21,23-25,27,29-31,33,35-37,39,41-43,45,47,49,51-53,55,57-90H2,1-5H3/b10-8-,16-14-,22-20-,28-26-,34-32-,40-38-,46-44-,50-48-,56-54-. The van der Waals surface area contributed by atoms with Crippen molar-refractivity contribution in [2.75, 3.05) is 47.5 Å². The number of unbranched alkanes of at least 4 members (excludes halogenated alkanes) is 50. The normalized spacial score (nSPS) is 13.1. The van der Waals surface area contributed by atoms with Crippen LogP contribution < -0.4 is 5.11 Å². The third-order valence-corrected chi connectivity index (χ3v) is 19.8. The monoisotopic (exact) mass is 1450 g/mol. The van der Waals surface area contributed by atoms with Crippen LogP contribution in [-0.4, -0.2) is 82.3 Å². The first-order chi connectivity index (χ1) is 51.1. The molecule has 0 aliphatic rings. The summed E-state index contributed by atoms with van der Waals surface area (Å²) in [6.07, 6.45) is 117. The Morgan fingerprint density at radius 3 is 0.817 bits per heavy atom. The third-order valence-electron chi connectivity index (χ3n) is 19.8. The molecule has 9 nitrogen and oxygen atoms in total. The minimum Gasteiger partial charge on any atom is -0.545 e. The van der Waals surface area contributed by atoms with Crippen LogP contribution in [0.3, 0.4) is 0 Å². The van der Waals surface area contributed by atoms with Crippen LogP contribution in [0, 0.1) is 0 Å². The van der Waals surface area contributed by atoms with Crippen molar-refractivity contribution in [3.63, 3.8) is 0 Å². The summed E-state index contributed by atoms with van der Waals surface area (Å²) < 4.78 is 22.9. The molecule has 0 bridgehead atoms. The number of ether oxygens (including phenoxy) is 4. The Bertz CT molecular complexity index is 2090. The second kappa shape index (κ2) is 84.6. The number of carbonyl (C=O) groups is 3. The quantitative estimate of drug-likeness (QED) is 0.0195. The number of hydrogen-bond acceptors (Lipinski definition) is 8. The highest BCUT2D eigenvalue weighted by Crippen LogP contribution is 2.20. The summed E-state index contributed by atoms with van der Waals surface area (Å²) in [5, 5.41) is 11.9. The molecule has 0 aliphatic carbocycles. The van der Waals surface area contributed by atoms with Crippen LogP contribution in [0.25, 0.3) is 0 Å². The number of esters is 2. The zero-order valence-electron chi connectivity index (χ0n) is 69.1. The van der Waals surface area contributed by atoms with Crippen molar-refractivity contribution in [3.05, 3.63) is 109 Å². The van der Waals surface area contributed by atoms with Crippen molar-refractivity contribution in [2.24, 2.45) is 0 Å². The molecule has 0 aromatic rings. The van der Waals surface area contributed by atoms with Gasteiger partial charge in [0.1, 0.15) is 13.2 Å². The fourth-order valence-corrected chi connectivity index (χ4v) is 13.1. The van der Waals surface area contributed by atoms with Crippen molar-refractivity contribution in [3.8, 4) is 0 Å². The van der Waals surface area contributed by atoms with E-state index in [1.165, 1.54) is 289 Å². The van der Waals surface area contributed by atoms with Gasteiger partial charge in [-0.25, -0.2) is 0 Å². The second-order valence-corrected chi connectivity index (χ2v) is 31.2. The number of carbonyl (C=O) groups excluding carboxylic acids is 3. The summed E-state index contributed by atoms with van der Waals surface area (Å²) in [4.78, 5) is 37.7. The fraction of sp³-hybridized carbons (Fsp3) is 0.779. The van der Waals surface area contributed by atoms with E-state index in [1.54, 1.807) is 0 Å². The lowest BCUT2D eigenvalue weighted by atomic mass is 10.0. The number of carboxylic acid groups (broad SMARTS) is 1. The zero-order valence-corrected chi connectivity index (χ0v) is 69.1. The number of nitrogens with zero attached hydrogens (tertiary/aromatic N) is 1. The van der Waals surface area contributed by atoms with Gasteiger partial charge >= 0.3 is 11.9 Å². The molecule has 0 spiro atoms. The Kier molecular flexibility index (Phi) is 81.3. The Labute approximate surface area is 645 Å². The number of hydrogen-bond donors (Lipinski definition) is 0. The lowest BCUT2D eigenvalue weighted by molar-refractivity contribution is -0.870. The lowest BCUT2D eigenvalue weighted by Gasteiger charge is -2.26. The Hall–Kier alpha value is -4.05. The molecule has 9 heteroatoms. The molecule has 0 heterocycles. The summed E-state index contributed by atoms with van der Waals surface area (Å²) >= 11 is 0. The molecule has 0 rings (SSSR count). The van der Waals surface area contributed by atoms with Crippen LogP contribution in [0.5, 0.6) is 0 Å². The molecular weight excluding hydrogens is 1280 g/mol. The van der Waals surface area contributed by atoms with Crippen molar-refractivity contribution < 1.29 is 42.9 Å². The number of quaternary nitrogens is 1. The molecule has 0 N–H and O–H groups in total. The fourth-order valence-electron chi connectivity index (χ4n) is 13.1. The molecule has 0 aromatic carbocycles. The molecule has 0 amide bonds. The first-order valence-electron chi connectivity index (χ1n) is 44.5. The minimum absolute atomic E-state index is 0.146. The van der Waals surface area contributed by atoms with E-state index in [9.17, 15) is 19.5 Å². The van der Waals surface area contributed by atoms with Gasteiger partial charge in [-0.05, 0) is 83.5 Å². The van der Waals surface area contributed by atoms with E-state index >= 15 is 0 Å². The zero-order chi connectivity index (χ0) is 75.3. The largest absolute Gasteiger partial charge is 0.545 e. The van der Waals surface area contributed by atoms with Crippen molar-refractivity contribution in [1.29, 1.82) is 0 Å². The van der Waals surface area contributed by atoms with Gasteiger partial charge in [-0.1, -0.05) is 431 Å². The number of carboxylic acids is 1. The van der Waals surface area contributed by atoms with Gasteiger partial charge < -0.3 is 33.3 Å². The van der Waals surface area contributed by atoms with Gasteiger partial charge in [0, 0.05) is 12.8 Å². The smallest absolute Gasteiger partial charge is 0.306 e. The van der Waals surface area contributed by atoms with Gasteiger partial charge in [0.05, 0.1) is 40.3 Å². The number of allylic oxidation sites excluding steroid dienone is 18. The predicted molar refractivity (Wildman–Crippen MR) is 449 cm³/mol. The van der Waals surface area contributed by atoms with E-state index in [0.29, 0.717) is 23.9 Å². The Morgan fingerprint density at radius 1 is 0.298 bits per heavy atom. The van der Waals surface area contributed by atoms with Gasteiger partial charge in [0.15, 0.2) is 12.4 Å². The van der Waals surface area contributed by atoms with Gasteiger partial charge in [-0.15, -0.1) is 0 Å². The average molecular weight is 1450 g/mol. The maximum Gasteiger partial charge on any atom is 0.306 e. The highest BCUT2D eigenvalue weighted by atomic mass is 16.7. The van der Waals surface area contributed by atoms with Crippen LogP contribution in [0.4, 0.5) is 0 Å². The summed E-state index contributed by atoms with van der Waals surface area (Å²) in [5.41, 5.74) is 0. The van der Waals surface area contributed by atoms with Crippen molar-refractivity contribution >= 4 is 17.9 Å². The Morgan fingerprint density at radius 2 is 0.548 bits per heavy atom. The highest BCUT2D eigenvalue weighted by molar-refractivity contribution is 5.70. The molecule has 2 unspecified atom stereocenters. The van der Waals surface area contributed by atoms with Crippen LogP contribution >= 0.6 is 0 Å².